The highest BCUT2D eigenvalue weighted by atomic mass is 19.4. The molecule has 5 unspecified atom stereocenters. The smallest absolute Gasteiger partial charge is 0.490 e. The van der Waals surface area contributed by atoms with Gasteiger partial charge in [0.15, 0.2) is 17.6 Å². The number of benzene rings is 1. The summed E-state index contributed by atoms with van der Waals surface area (Å²) < 4.78 is 55.5. The number of piperidine rings is 1. The summed E-state index contributed by atoms with van der Waals surface area (Å²) >= 11 is 0. The Kier molecular flexibility index (Phi) is 3.98. The van der Waals surface area contributed by atoms with Crippen LogP contribution in [0.25, 0.3) is 0 Å². The molecule has 0 radical (unpaired) electrons. The molecular weight excluding hydrogens is 387 g/mol. The molecule has 2 aliphatic heterocycles. The van der Waals surface area contributed by atoms with Crippen molar-refractivity contribution in [2.45, 2.75) is 49.6 Å². The van der Waals surface area contributed by atoms with Gasteiger partial charge in [0.25, 0.3) is 0 Å². The van der Waals surface area contributed by atoms with E-state index in [1.165, 1.54) is 0 Å². The first-order valence-corrected chi connectivity index (χ1v) is 9.89. The molecule has 1 fully saturated rings. The van der Waals surface area contributed by atoms with Gasteiger partial charge in [-0.2, -0.15) is 13.2 Å². The van der Waals surface area contributed by atoms with E-state index in [-0.39, 0.29) is 12.0 Å². The van der Waals surface area contributed by atoms with Crippen molar-refractivity contribution >= 4 is 5.97 Å². The lowest BCUT2D eigenvalue weighted by Crippen LogP contribution is -2.65. The molecule has 2 heterocycles. The second-order valence-corrected chi connectivity index (χ2v) is 8.22. The van der Waals surface area contributed by atoms with E-state index in [1.807, 2.05) is 25.1 Å². The zero-order chi connectivity index (χ0) is 20.6. The number of nitrogens with zero attached hydrogens (tertiary/aromatic N) is 1. The van der Waals surface area contributed by atoms with Crippen LogP contribution in [0.3, 0.4) is 0 Å². The van der Waals surface area contributed by atoms with Crippen molar-refractivity contribution in [3.8, 4) is 11.5 Å². The lowest BCUT2D eigenvalue weighted by atomic mass is 9.53. The fraction of sp³-hybridized carbons (Fsp3) is 0.571. The van der Waals surface area contributed by atoms with Crippen LogP contribution in [0, 0.1) is 5.92 Å². The van der Waals surface area contributed by atoms with E-state index in [4.69, 9.17) is 14.2 Å². The molecule has 1 saturated heterocycles. The summed E-state index contributed by atoms with van der Waals surface area (Å²) in [7, 11) is 2.08. The minimum Gasteiger partial charge on any atom is -0.490 e. The third-order valence-electron chi connectivity index (χ3n) is 6.89. The van der Waals surface area contributed by atoms with Gasteiger partial charge in [-0.3, -0.25) is 0 Å². The standard InChI is InChI=1S/C21H22F3NO4/c1-3-27-14-6-4-11-10-13-12-5-7-15(28-19(26)21(22,23)24)18-20(12,8-9-25(13)2)16(11)17(14)29-18/h4-7,12-13,15,18H,3,8-10H2,1-2H3. The molecule has 5 nitrogen and oxygen atoms in total. The first-order chi connectivity index (χ1) is 13.8. The third-order valence-corrected chi connectivity index (χ3v) is 6.89. The summed E-state index contributed by atoms with van der Waals surface area (Å²) in [6, 6.07) is 4.13. The predicted molar refractivity (Wildman–Crippen MR) is 97.0 cm³/mol. The highest BCUT2D eigenvalue weighted by Gasteiger charge is 2.65. The maximum atomic E-state index is 12.9. The molecule has 0 N–H and O–H groups in total. The molecular formula is C21H22F3NO4. The number of esters is 1. The van der Waals surface area contributed by atoms with Gasteiger partial charge < -0.3 is 19.1 Å². The predicted octanol–water partition coefficient (Wildman–Crippen LogP) is 3.00. The van der Waals surface area contributed by atoms with Crippen molar-refractivity contribution in [3.63, 3.8) is 0 Å². The molecule has 0 saturated carbocycles. The van der Waals surface area contributed by atoms with Crippen LogP contribution in [-0.2, 0) is 21.4 Å². The first kappa shape index (κ1) is 18.8. The van der Waals surface area contributed by atoms with E-state index in [1.54, 1.807) is 6.08 Å². The van der Waals surface area contributed by atoms with Gasteiger partial charge in [0.2, 0.25) is 0 Å². The van der Waals surface area contributed by atoms with Gasteiger partial charge in [0, 0.05) is 22.9 Å². The molecule has 29 heavy (non-hydrogen) atoms. The van der Waals surface area contributed by atoms with Crippen LogP contribution < -0.4 is 9.47 Å². The van der Waals surface area contributed by atoms with Crippen molar-refractivity contribution < 1.29 is 32.2 Å². The van der Waals surface area contributed by atoms with Gasteiger partial charge >= 0.3 is 12.1 Å². The summed E-state index contributed by atoms with van der Waals surface area (Å²) in [6.07, 6.45) is -1.79. The molecule has 1 spiro atoms. The van der Waals surface area contributed by atoms with E-state index in [0.717, 1.165) is 30.5 Å². The number of hydrogen-bond donors (Lipinski definition) is 0. The highest BCUT2D eigenvalue weighted by Crippen LogP contribution is 2.62. The van der Waals surface area contributed by atoms with Crippen LogP contribution in [-0.4, -0.2) is 55.5 Å². The molecule has 0 amide bonds. The molecule has 5 atom stereocenters. The second-order valence-electron chi connectivity index (χ2n) is 8.22. The summed E-state index contributed by atoms with van der Waals surface area (Å²) in [4.78, 5) is 13.9. The highest BCUT2D eigenvalue weighted by molar-refractivity contribution is 5.76. The Morgan fingerprint density at radius 1 is 1.34 bits per heavy atom. The number of halogens is 3. The van der Waals surface area contributed by atoms with Crippen molar-refractivity contribution in [2.75, 3.05) is 20.2 Å². The van der Waals surface area contributed by atoms with Gasteiger partial charge in [0.1, 0.15) is 6.10 Å². The van der Waals surface area contributed by atoms with Crippen molar-refractivity contribution in [1.82, 2.24) is 4.90 Å². The zero-order valence-electron chi connectivity index (χ0n) is 16.2. The zero-order valence-corrected chi connectivity index (χ0v) is 16.2. The van der Waals surface area contributed by atoms with Crippen LogP contribution in [0.5, 0.6) is 11.5 Å². The van der Waals surface area contributed by atoms with Crippen LogP contribution in [0.15, 0.2) is 24.3 Å². The average molecular weight is 409 g/mol. The largest absolute Gasteiger partial charge is 0.490 e. The molecule has 5 rings (SSSR count). The Morgan fingerprint density at radius 2 is 2.14 bits per heavy atom. The summed E-state index contributed by atoms with van der Waals surface area (Å²) in [6.45, 7) is 3.12. The van der Waals surface area contributed by atoms with Gasteiger partial charge in [0.05, 0.1) is 6.61 Å². The van der Waals surface area contributed by atoms with Gasteiger partial charge in [-0.05, 0) is 51.1 Å². The van der Waals surface area contributed by atoms with Crippen LogP contribution in [0.1, 0.15) is 24.5 Å². The Bertz CT molecular complexity index is 899. The second kappa shape index (κ2) is 6.14. The van der Waals surface area contributed by atoms with E-state index in [9.17, 15) is 18.0 Å². The monoisotopic (exact) mass is 409 g/mol. The van der Waals surface area contributed by atoms with Crippen molar-refractivity contribution in [3.05, 3.63) is 35.4 Å². The number of likely N-dealkylation sites (tertiary alicyclic amines) is 1. The molecule has 0 aromatic heterocycles. The fourth-order valence-electron chi connectivity index (χ4n) is 5.77. The van der Waals surface area contributed by atoms with Gasteiger partial charge in [-0.1, -0.05) is 12.1 Å². The molecule has 1 aromatic rings. The third kappa shape index (κ3) is 2.47. The van der Waals surface area contributed by atoms with Crippen molar-refractivity contribution in [2.24, 2.45) is 5.92 Å². The van der Waals surface area contributed by atoms with E-state index in [2.05, 4.69) is 11.9 Å². The maximum Gasteiger partial charge on any atom is 0.490 e. The minimum atomic E-state index is -5.04. The number of alkyl halides is 3. The molecule has 1 aromatic carbocycles. The quantitative estimate of drug-likeness (QED) is 0.568. The number of likely N-dealkylation sites (N-methyl/N-ethyl adjacent to an activating group) is 1. The lowest BCUT2D eigenvalue weighted by Gasteiger charge is -2.56. The summed E-state index contributed by atoms with van der Waals surface area (Å²) in [5.41, 5.74) is 1.65. The fourth-order valence-corrected chi connectivity index (χ4v) is 5.77. The lowest BCUT2D eigenvalue weighted by molar-refractivity contribution is -0.208. The molecule has 4 aliphatic rings. The topological polar surface area (TPSA) is 48.0 Å². The normalized spacial score (nSPS) is 34.4. The van der Waals surface area contributed by atoms with Gasteiger partial charge in [-0.25, -0.2) is 4.79 Å². The number of rotatable bonds is 3. The molecule has 8 heteroatoms. The minimum absolute atomic E-state index is 0.0812. The first-order valence-electron chi connectivity index (χ1n) is 9.89. The maximum absolute atomic E-state index is 12.9. The number of ether oxygens (including phenoxy) is 3. The van der Waals surface area contributed by atoms with Gasteiger partial charge in [-0.15, -0.1) is 0 Å². The molecule has 156 valence electrons. The van der Waals surface area contributed by atoms with Crippen LogP contribution >= 0.6 is 0 Å². The Morgan fingerprint density at radius 3 is 2.86 bits per heavy atom. The molecule has 2 aliphatic carbocycles. The number of carbonyl (C=O) groups is 1. The van der Waals surface area contributed by atoms with E-state index < -0.39 is 29.8 Å². The van der Waals surface area contributed by atoms with Crippen LogP contribution in [0.2, 0.25) is 0 Å². The average Bonchev–Trinajstić information content (AvgIpc) is 3.02. The Labute approximate surface area is 166 Å². The van der Waals surface area contributed by atoms with E-state index >= 15 is 0 Å². The summed E-state index contributed by atoms with van der Waals surface area (Å²) in [5, 5.41) is 0. The number of carbonyl (C=O) groups excluding carboxylic acids is 1. The van der Waals surface area contributed by atoms with Crippen LogP contribution in [0.4, 0.5) is 13.2 Å². The number of hydrogen-bond acceptors (Lipinski definition) is 5. The summed E-state index contributed by atoms with van der Waals surface area (Å²) in [5.74, 6) is -0.920. The van der Waals surface area contributed by atoms with E-state index in [0.29, 0.717) is 18.1 Å². The molecule has 2 bridgehead atoms. The Hall–Kier alpha value is -2.22. The SMILES string of the molecule is CCOc1ccc2c3c1OC1C(OC(=O)C(F)(F)F)C=CC4C(C2)N(C)CCC341. The Balaban J connectivity index is 1.64. The van der Waals surface area contributed by atoms with Crippen molar-refractivity contribution in [1.29, 1.82) is 0 Å².